The number of aryl methyl sites for hydroxylation is 1. The fourth-order valence-corrected chi connectivity index (χ4v) is 2.07. The molecule has 0 unspecified atom stereocenters. The number of nitro groups is 1. The van der Waals surface area contributed by atoms with Gasteiger partial charge in [0.1, 0.15) is 11.4 Å². The lowest BCUT2D eigenvalue weighted by atomic mass is 10.1. The van der Waals surface area contributed by atoms with Crippen LogP contribution in [0.5, 0.6) is 5.75 Å². The number of ether oxygens (including phenoxy) is 1. The van der Waals surface area contributed by atoms with E-state index in [-0.39, 0.29) is 10.6 Å². The first kappa shape index (κ1) is 13.9. The van der Waals surface area contributed by atoms with E-state index in [1.807, 2.05) is 37.3 Å². The Balaban J connectivity index is 2.25. The summed E-state index contributed by atoms with van der Waals surface area (Å²) in [7, 11) is 1.61. The SMILES string of the molecule is COc1ccccc1CNc1c(C)cccc1[N+](=O)[O-]. The third-order valence-electron chi connectivity index (χ3n) is 3.10. The topological polar surface area (TPSA) is 64.4 Å². The van der Waals surface area contributed by atoms with E-state index in [9.17, 15) is 10.1 Å². The van der Waals surface area contributed by atoms with Crippen LogP contribution in [0.3, 0.4) is 0 Å². The molecule has 2 aromatic rings. The number of nitro benzene ring substituents is 1. The van der Waals surface area contributed by atoms with E-state index < -0.39 is 0 Å². The summed E-state index contributed by atoms with van der Waals surface area (Å²) in [6.45, 7) is 2.31. The number of nitrogens with zero attached hydrogens (tertiary/aromatic N) is 1. The second kappa shape index (κ2) is 6.06. The fraction of sp³-hybridized carbons (Fsp3) is 0.200. The molecule has 0 aliphatic heterocycles. The number of para-hydroxylation sites is 2. The van der Waals surface area contributed by atoms with Gasteiger partial charge in [0.15, 0.2) is 0 Å². The van der Waals surface area contributed by atoms with Crippen LogP contribution in [-0.2, 0) is 6.54 Å². The van der Waals surface area contributed by atoms with Crippen molar-refractivity contribution >= 4 is 11.4 Å². The highest BCUT2D eigenvalue weighted by atomic mass is 16.6. The highest BCUT2D eigenvalue weighted by Crippen LogP contribution is 2.29. The predicted octanol–water partition coefficient (Wildman–Crippen LogP) is 3.52. The van der Waals surface area contributed by atoms with Gasteiger partial charge in [-0.25, -0.2) is 0 Å². The Morgan fingerprint density at radius 2 is 1.95 bits per heavy atom. The summed E-state index contributed by atoms with van der Waals surface area (Å²) >= 11 is 0. The first-order valence-electron chi connectivity index (χ1n) is 6.23. The van der Waals surface area contributed by atoms with Gasteiger partial charge in [-0.1, -0.05) is 30.3 Å². The van der Waals surface area contributed by atoms with Crippen molar-refractivity contribution in [2.75, 3.05) is 12.4 Å². The van der Waals surface area contributed by atoms with Gasteiger partial charge in [-0.2, -0.15) is 0 Å². The Labute approximate surface area is 117 Å². The summed E-state index contributed by atoms with van der Waals surface area (Å²) in [5.74, 6) is 0.760. The third-order valence-corrected chi connectivity index (χ3v) is 3.10. The van der Waals surface area contributed by atoms with Gasteiger partial charge in [-0.05, 0) is 18.6 Å². The molecule has 0 fully saturated rings. The van der Waals surface area contributed by atoms with Crippen molar-refractivity contribution in [3.63, 3.8) is 0 Å². The van der Waals surface area contributed by atoms with Crippen LogP contribution in [0.1, 0.15) is 11.1 Å². The second-order valence-corrected chi connectivity index (χ2v) is 4.39. The average Bonchev–Trinajstić information content (AvgIpc) is 2.46. The first-order chi connectivity index (χ1) is 9.63. The normalized spacial score (nSPS) is 10.1. The molecule has 104 valence electrons. The van der Waals surface area contributed by atoms with Crippen molar-refractivity contribution in [3.8, 4) is 5.75 Å². The summed E-state index contributed by atoms with van der Waals surface area (Å²) in [4.78, 5) is 10.7. The van der Waals surface area contributed by atoms with Gasteiger partial charge in [0.05, 0.1) is 12.0 Å². The fourth-order valence-electron chi connectivity index (χ4n) is 2.07. The summed E-state index contributed by atoms with van der Waals surface area (Å²) < 4.78 is 5.27. The van der Waals surface area contributed by atoms with Crippen LogP contribution < -0.4 is 10.1 Å². The molecule has 0 saturated heterocycles. The van der Waals surface area contributed by atoms with E-state index in [1.54, 1.807) is 13.2 Å². The quantitative estimate of drug-likeness (QED) is 0.668. The van der Waals surface area contributed by atoms with E-state index in [0.29, 0.717) is 12.2 Å². The van der Waals surface area contributed by atoms with Gasteiger partial charge in [0.25, 0.3) is 5.69 Å². The van der Waals surface area contributed by atoms with Crippen molar-refractivity contribution in [1.82, 2.24) is 0 Å². The number of nitrogens with one attached hydrogen (secondary N) is 1. The van der Waals surface area contributed by atoms with Crippen molar-refractivity contribution in [3.05, 3.63) is 63.7 Å². The lowest BCUT2D eigenvalue weighted by Gasteiger charge is -2.12. The van der Waals surface area contributed by atoms with E-state index >= 15 is 0 Å². The zero-order valence-electron chi connectivity index (χ0n) is 11.4. The minimum atomic E-state index is -0.377. The van der Waals surface area contributed by atoms with Gasteiger partial charge in [-0.15, -0.1) is 0 Å². The molecule has 20 heavy (non-hydrogen) atoms. The molecule has 0 aliphatic rings. The summed E-state index contributed by atoms with van der Waals surface area (Å²) in [5, 5.41) is 14.2. The highest BCUT2D eigenvalue weighted by molar-refractivity contribution is 5.66. The lowest BCUT2D eigenvalue weighted by Crippen LogP contribution is -2.05. The highest BCUT2D eigenvalue weighted by Gasteiger charge is 2.15. The second-order valence-electron chi connectivity index (χ2n) is 4.39. The van der Waals surface area contributed by atoms with Crippen molar-refractivity contribution in [2.24, 2.45) is 0 Å². The summed E-state index contributed by atoms with van der Waals surface area (Å²) in [6.07, 6.45) is 0. The molecule has 0 aromatic heterocycles. The Morgan fingerprint density at radius 3 is 2.65 bits per heavy atom. The van der Waals surface area contributed by atoms with E-state index in [0.717, 1.165) is 16.9 Å². The minimum absolute atomic E-state index is 0.0832. The number of benzene rings is 2. The molecule has 0 amide bonds. The molecule has 0 heterocycles. The van der Waals surface area contributed by atoms with Gasteiger partial charge in [0.2, 0.25) is 0 Å². The zero-order valence-corrected chi connectivity index (χ0v) is 11.4. The molecule has 5 nitrogen and oxygen atoms in total. The van der Waals surface area contributed by atoms with Gasteiger partial charge < -0.3 is 10.1 Å². The number of hydrogen-bond acceptors (Lipinski definition) is 4. The Morgan fingerprint density at radius 1 is 1.20 bits per heavy atom. The third kappa shape index (κ3) is 2.88. The van der Waals surface area contributed by atoms with E-state index in [2.05, 4.69) is 5.32 Å². The number of hydrogen-bond donors (Lipinski definition) is 1. The monoisotopic (exact) mass is 272 g/mol. The summed E-state index contributed by atoms with van der Waals surface area (Å²) in [6, 6.07) is 12.6. The van der Waals surface area contributed by atoms with Crippen molar-refractivity contribution in [1.29, 1.82) is 0 Å². The minimum Gasteiger partial charge on any atom is -0.496 e. The van der Waals surface area contributed by atoms with Crippen molar-refractivity contribution < 1.29 is 9.66 Å². The van der Waals surface area contributed by atoms with Gasteiger partial charge in [-0.3, -0.25) is 10.1 Å². The summed E-state index contributed by atoms with van der Waals surface area (Å²) in [5.41, 5.74) is 2.42. The molecule has 2 rings (SSSR count). The largest absolute Gasteiger partial charge is 0.496 e. The maximum absolute atomic E-state index is 11.0. The molecule has 0 atom stereocenters. The molecule has 0 radical (unpaired) electrons. The molecule has 2 aromatic carbocycles. The Bertz CT molecular complexity index is 626. The van der Waals surface area contributed by atoms with Crippen LogP contribution in [-0.4, -0.2) is 12.0 Å². The smallest absolute Gasteiger partial charge is 0.292 e. The number of anilines is 1. The molecule has 0 saturated carbocycles. The lowest BCUT2D eigenvalue weighted by molar-refractivity contribution is -0.384. The maximum Gasteiger partial charge on any atom is 0.292 e. The van der Waals surface area contributed by atoms with E-state index in [1.165, 1.54) is 6.07 Å². The molecule has 0 bridgehead atoms. The zero-order chi connectivity index (χ0) is 14.5. The Kier molecular flexibility index (Phi) is 4.20. The molecular formula is C15H16N2O3. The van der Waals surface area contributed by atoms with Crippen LogP contribution in [0.15, 0.2) is 42.5 Å². The van der Waals surface area contributed by atoms with Crippen LogP contribution in [0.4, 0.5) is 11.4 Å². The molecule has 1 N–H and O–H groups in total. The average molecular weight is 272 g/mol. The van der Waals surface area contributed by atoms with Crippen LogP contribution in [0.2, 0.25) is 0 Å². The van der Waals surface area contributed by atoms with Crippen LogP contribution >= 0.6 is 0 Å². The molecular weight excluding hydrogens is 256 g/mol. The predicted molar refractivity (Wildman–Crippen MR) is 78.2 cm³/mol. The van der Waals surface area contributed by atoms with Gasteiger partial charge in [0, 0.05) is 18.2 Å². The Hall–Kier alpha value is -2.56. The maximum atomic E-state index is 11.0. The molecule has 0 aliphatic carbocycles. The molecule has 5 heteroatoms. The van der Waals surface area contributed by atoms with Crippen LogP contribution in [0, 0.1) is 17.0 Å². The van der Waals surface area contributed by atoms with Crippen molar-refractivity contribution in [2.45, 2.75) is 13.5 Å². The number of methoxy groups -OCH3 is 1. The van der Waals surface area contributed by atoms with Gasteiger partial charge >= 0.3 is 0 Å². The molecule has 0 spiro atoms. The van der Waals surface area contributed by atoms with Crippen LogP contribution in [0.25, 0.3) is 0 Å². The first-order valence-corrected chi connectivity index (χ1v) is 6.23. The number of rotatable bonds is 5. The van der Waals surface area contributed by atoms with E-state index in [4.69, 9.17) is 4.74 Å². The standard InChI is InChI=1S/C15H16N2O3/c1-11-6-5-8-13(17(18)19)15(11)16-10-12-7-3-4-9-14(12)20-2/h3-9,16H,10H2,1-2H3.